The molecule has 0 amide bonds. The molecular formula is C12H26N2O3S. The van der Waals surface area contributed by atoms with Crippen LogP contribution < -0.4 is 4.72 Å². The Morgan fingerprint density at radius 1 is 1.17 bits per heavy atom. The molecule has 108 valence electrons. The highest BCUT2D eigenvalue weighted by atomic mass is 32.2. The molecule has 5 nitrogen and oxygen atoms in total. The minimum absolute atomic E-state index is 0.108. The van der Waals surface area contributed by atoms with Gasteiger partial charge in [0.25, 0.3) is 10.2 Å². The van der Waals surface area contributed by atoms with Gasteiger partial charge in [-0.05, 0) is 25.2 Å². The smallest absolute Gasteiger partial charge is 0.279 e. The van der Waals surface area contributed by atoms with Gasteiger partial charge in [0.1, 0.15) is 0 Å². The van der Waals surface area contributed by atoms with Crippen LogP contribution in [0.3, 0.4) is 0 Å². The molecule has 1 aliphatic rings. The monoisotopic (exact) mass is 278 g/mol. The fourth-order valence-corrected chi connectivity index (χ4v) is 3.53. The van der Waals surface area contributed by atoms with Crippen molar-refractivity contribution in [1.29, 1.82) is 0 Å². The molecule has 0 spiro atoms. The highest BCUT2D eigenvalue weighted by Crippen LogP contribution is 2.12. The quantitative estimate of drug-likeness (QED) is 0.764. The van der Waals surface area contributed by atoms with E-state index in [2.05, 4.69) is 4.72 Å². The highest BCUT2D eigenvalue weighted by Gasteiger charge is 2.23. The number of aliphatic hydroxyl groups excluding tert-OH is 1. The van der Waals surface area contributed by atoms with Crippen molar-refractivity contribution >= 4 is 10.2 Å². The lowest BCUT2D eigenvalue weighted by Gasteiger charge is -2.21. The molecule has 0 aromatic rings. The number of nitrogens with zero attached hydrogens (tertiary/aromatic N) is 1. The maximum absolute atomic E-state index is 12.0. The minimum atomic E-state index is -3.41. The molecule has 6 heteroatoms. The van der Waals surface area contributed by atoms with Crippen LogP contribution in [0.15, 0.2) is 0 Å². The van der Waals surface area contributed by atoms with Crippen LogP contribution in [-0.4, -0.2) is 43.6 Å². The molecule has 1 unspecified atom stereocenters. The molecule has 0 saturated carbocycles. The molecule has 0 radical (unpaired) electrons. The molecule has 1 fully saturated rings. The van der Waals surface area contributed by atoms with Crippen LogP contribution in [0.25, 0.3) is 0 Å². The Bertz CT molecular complexity index is 322. The summed E-state index contributed by atoms with van der Waals surface area (Å²) in [6, 6.07) is 0. The molecule has 2 N–H and O–H groups in total. The zero-order valence-electron chi connectivity index (χ0n) is 11.4. The Kier molecular flexibility index (Phi) is 6.55. The van der Waals surface area contributed by atoms with Crippen LogP contribution in [0.2, 0.25) is 0 Å². The Labute approximate surface area is 111 Å². The van der Waals surface area contributed by atoms with Crippen molar-refractivity contribution in [2.75, 3.05) is 19.6 Å². The summed E-state index contributed by atoms with van der Waals surface area (Å²) in [7, 11) is -3.41. The van der Waals surface area contributed by atoms with Crippen LogP contribution in [0.1, 0.15) is 46.0 Å². The average molecular weight is 278 g/mol. The van der Waals surface area contributed by atoms with Gasteiger partial charge in [0.05, 0.1) is 6.10 Å². The zero-order valence-corrected chi connectivity index (χ0v) is 12.2. The van der Waals surface area contributed by atoms with E-state index < -0.39 is 16.3 Å². The van der Waals surface area contributed by atoms with E-state index in [9.17, 15) is 13.5 Å². The van der Waals surface area contributed by atoms with E-state index in [1.807, 2.05) is 13.8 Å². The largest absolute Gasteiger partial charge is 0.392 e. The third-order valence-electron chi connectivity index (χ3n) is 3.15. The number of aliphatic hydroxyl groups is 1. The zero-order chi connectivity index (χ0) is 13.6. The second-order valence-corrected chi connectivity index (χ2v) is 7.21. The van der Waals surface area contributed by atoms with Crippen molar-refractivity contribution in [2.24, 2.45) is 5.92 Å². The van der Waals surface area contributed by atoms with Crippen molar-refractivity contribution in [3.63, 3.8) is 0 Å². The van der Waals surface area contributed by atoms with Crippen molar-refractivity contribution in [3.05, 3.63) is 0 Å². The van der Waals surface area contributed by atoms with E-state index in [-0.39, 0.29) is 6.54 Å². The van der Waals surface area contributed by atoms with E-state index in [1.165, 1.54) is 4.31 Å². The Balaban J connectivity index is 2.43. The van der Waals surface area contributed by atoms with Crippen LogP contribution in [-0.2, 0) is 10.2 Å². The van der Waals surface area contributed by atoms with Gasteiger partial charge in [0, 0.05) is 19.6 Å². The van der Waals surface area contributed by atoms with Gasteiger partial charge in [-0.2, -0.15) is 17.4 Å². The summed E-state index contributed by atoms with van der Waals surface area (Å²) < 4.78 is 28.1. The summed E-state index contributed by atoms with van der Waals surface area (Å²) in [5.74, 6) is 0.364. The molecule has 1 saturated heterocycles. The highest BCUT2D eigenvalue weighted by molar-refractivity contribution is 7.87. The second kappa shape index (κ2) is 7.43. The summed E-state index contributed by atoms with van der Waals surface area (Å²) in [4.78, 5) is 0. The molecule has 1 heterocycles. The van der Waals surface area contributed by atoms with Crippen molar-refractivity contribution in [1.82, 2.24) is 9.03 Å². The molecule has 0 aliphatic carbocycles. The minimum Gasteiger partial charge on any atom is -0.392 e. The van der Waals surface area contributed by atoms with E-state index in [0.29, 0.717) is 25.4 Å². The summed E-state index contributed by atoms with van der Waals surface area (Å²) in [6.07, 6.45) is 4.06. The summed E-state index contributed by atoms with van der Waals surface area (Å²) >= 11 is 0. The first-order valence-corrected chi connectivity index (χ1v) is 8.28. The summed E-state index contributed by atoms with van der Waals surface area (Å²) in [6.45, 7) is 5.31. The van der Waals surface area contributed by atoms with Crippen LogP contribution >= 0.6 is 0 Å². The average Bonchev–Trinajstić information content (AvgIpc) is 2.54. The summed E-state index contributed by atoms with van der Waals surface area (Å²) in [5.41, 5.74) is 0. The van der Waals surface area contributed by atoms with Gasteiger partial charge < -0.3 is 5.11 Å². The van der Waals surface area contributed by atoms with Gasteiger partial charge in [-0.3, -0.25) is 0 Å². The van der Waals surface area contributed by atoms with Crippen molar-refractivity contribution in [3.8, 4) is 0 Å². The Hall–Kier alpha value is -0.170. The molecule has 18 heavy (non-hydrogen) atoms. The maximum atomic E-state index is 12.0. The molecule has 0 bridgehead atoms. The first kappa shape index (κ1) is 15.9. The van der Waals surface area contributed by atoms with E-state index >= 15 is 0 Å². The summed E-state index contributed by atoms with van der Waals surface area (Å²) in [5, 5.41) is 9.69. The molecule has 1 atom stereocenters. The fraction of sp³-hybridized carbons (Fsp3) is 1.00. The Morgan fingerprint density at radius 3 is 2.22 bits per heavy atom. The lowest BCUT2D eigenvalue weighted by Crippen LogP contribution is -2.44. The van der Waals surface area contributed by atoms with E-state index in [4.69, 9.17) is 0 Å². The topological polar surface area (TPSA) is 69.6 Å². The van der Waals surface area contributed by atoms with Gasteiger partial charge in [0.15, 0.2) is 0 Å². The normalized spacial score (nSPS) is 20.9. The number of rotatable bonds is 6. The third-order valence-corrected chi connectivity index (χ3v) is 4.73. The predicted octanol–water partition coefficient (Wildman–Crippen LogP) is 1.10. The van der Waals surface area contributed by atoms with E-state index in [0.717, 1.165) is 25.7 Å². The standard InChI is InChI=1S/C12H26N2O3S/c1-11(2)9-12(15)10-13-18(16,17)14-7-5-3-4-6-8-14/h11-13,15H,3-10H2,1-2H3. The van der Waals surface area contributed by atoms with Crippen molar-refractivity contribution < 1.29 is 13.5 Å². The van der Waals surface area contributed by atoms with Gasteiger partial charge in [-0.1, -0.05) is 26.7 Å². The second-order valence-electron chi connectivity index (χ2n) is 5.45. The van der Waals surface area contributed by atoms with Gasteiger partial charge in [-0.15, -0.1) is 0 Å². The van der Waals surface area contributed by atoms with Crippen molar-refractivity contribution in [2.45, 2.75) is 52.1 Å². The molecule has 1 rings (SSSR count). The first-order valence-electron chi connectivity index (χ1n) is 6.84. The SMILES string of the molecule is CC(C)CC(O)CNS(=O)(=O)N1CCCCCC1. The fourth-order valence-electron chi connectivity index (χ4n) is 2.20. The van der Waals surface area contributed by atoms with Gasteiger partial charge >= 0.3 is 0 Å². The Morgan fingerprint density at radius 2 is 1.72 bits per heavy atom. The lowest BCUT2D eigenvalue weighted by molar-refractivity contribution is 0.152. The van der Waals surface area contributed by atoms with Crippen LogP contribution in [0, 0.1) is 5.92 Å². The van der Waals surface area contributed by atoms with E-state index in [1.54, 1.807) is 0 Å². The lowest BCUT2D eigenvalue weighted by atomic mass is 10.1. The molecular weight excluding hydrogens is 252 g/mol. The predicted molar refractivity (Wildman–Crippen MR) is 72.4 cm³/mol. The van der Waals surface area contributed by atoms with Gasteiger partial charge in [-0.25, -0.2) is 0 Å². The van der Waals surface area contributed by atoms with Crippen LogP contribution in [0.5, 0.6) is 0 Å². The number of nitrogens with one attached hydrogen (secondary N) is 1. The van der Waals surface area contributed by atoms with Gasteiger partial charge in [0.2, 0.25) is 0 Å². The maximum Gasteiger partial charge on any atom is 0.279 e. The van der Waals surface area contributed by atoms with Crippen LogP contribution in [0.4, 0.5) is 0 Å². The molecule has 1 aliphatic heterocycles. The number of hydrogen-bond donors (Lipinski definition) is 2. The molecule has 0 aromatic carbocycles. The first-order chi connectivity index (χ1) is 8.42. The molecule has 0 aromatic heterocycles. The number of hydrogen-bond acceptors (Lipinski definition) is 3. The third kappa shape index (κ3) is 5.65.